The minimum Gasteiger partial charge on any atom is -0.378 e. The van der Waals surface area contributed by atoms with Gasteiger partial charge in [-0.15, -0.1) is 0 Å². The molecule has 1 amide bonds. The molecule has 184 valence electrons. The van der Waals surface area contributed by atoms with Crippen molar-refractivity contribution < 1.29 is 17.9 Å². The quantitative estimate of drug-likeness (QED) is 0.632. The monoisotopic (exact) mass is 478 g/mol. The molecule has 0 aromatic heterocycles. The van der Waals surface area contributed by atoms with E-state index in [4.69, 9.17) is 4.74 Å². The first-order chi connectivity index (χ1) is 15.9. The molecule has 8 nitrogen and oxygen atoms in total. The number of nitrogens with one attached hydrogen (secondary N) is 1. The van der Waals surface area contributed by atoms with Crippen molar-refractivity contribution in [3.05, 3.63) is 23.8 Å². The van der Waals surface area contributed by atoms with Gasteiger partial charge in [-0.05, 0) is 37.5 Å². The lowest BCUT2D eigenvalue weighted by Gasteiger charge is -2.31. The Morgan fingerprint density at radius 3 is 2.39 bits per heavy atom. The normalized spacial score (nSPS) is 23.6. The molecule has 1 N–H and O–H groups in total. The zero-order valence-electron chi connectivity index (χ0n) is 20.0. The third-order valence-corrected chi connectivity index (χ3v) is 9.05. The van der Waals surface area contributed by atoms with Crippen molar-refractivity contribution in [2.45, 2.75) is 61.9 Å². The summed E-state index contributed by atoms with van der Waals surface area (Å²) in [4.78, 5) is 18.3. The second-order valence-corrected chi connectivity index (χ2v) is 11.8. The van der Waals surface area contributed by atoms with Gasteiger partial charge < -0.3 is 15.0 Å². The van der Waals surface area contributed by atoms with Gasteiger partial charge in [0.2, 0.25) is 10.0 Å². The number of carbonyl (C=O) groups is 1. The molecule has 1 unspecified atom stereocenters. The number of amides is 1. The topological polar surface area (TPSA) is 82.2 Å². The zero-order valence-corrected chi connectivity index (χ0v) is 20.8. The van der Waals surface area contributed by atoms with E-state index < -0.39 is 10.0 Å². The second kappa shape index (κ2) is 10.7. The number of morpholine rings is 1. The van der Waals surface area contributed by atoms with Crippen molar-refractivity contribution in [2.24, 2.45) is 0 Å². The molecule has 0 spiro atoms. The van der Waals surface area contributed by atoms with Gasteiger partial charge in [0.15, 0.2) is 0 Å². The molecule has 33 heavy (non-hydrogen) atoms. The molecule has 2 aliphatic heterocycles. The number of benzene rings is 1. The minimum absolute atomic E-state index is 0.0902. The van der Waals surface area contributed by atoms with E-state index in [1.807, 2.05) is 0 Å². The largest absolute Gasteiger partial charge is 0.378 e. The summed E-state index contributed by atoms with van der Waals surface area (Å²) >= 11 is 0. The number of rotatable bonds is 6. The third kappa shape index (κ3) is 5.70. The van der Waals surface area contributed by atoms with Gasteiger partial charge in [-0.2, -0.15) is 0 Å². The average Bonchev–Trinajstić information content (AvgIpc) is 3.11. The summed E-state index contributed by atoms with van der Waals surface area (Å²) in [6, 6.07) is 5.62. The number of carbonyl (C=O) groups excluding carboxylic acids is 1. The number of hydrogen-bond donors (Lipinski definition) is 1. The van der Waals surface area contributed by atoms with Crippen molar-refractivity contribution in [2.75, 3.05) is 58.4 Å². The zero-order chi connectivity index (χ0) is 23.4. The highest BCUT2D eigenvalue weighted by molar-refractivity contribution is 7.89. The van der Waals surface area contributed by atoms with Crippen LogP contribution in [0.15, 0.2) is 23.1 Å². The maximum absolute atomic E-state index is 13.5. The number of ether oxygens (including phenoxy) is 1. The molecule has 2 saturated heterocycles. The second-order valence-electron chi connectivity index (χ2n) is 9.67. The van der Waals surface area contributed by atoms with Gasteiger partial charge in [-0.25, -0.2) is 12.7 Å². The molecule has 1 saturated carbocycles. The first-order valence-electron chi connectivity index (χ1n) is 12.3. The molecule has 1 aliphatic carbocycles. The van der Waals surface area contributed by atoms with Crippen LogP contribution in [0.1, 0.15) is 55.3 Å². The Morgan fingerprint density at radius 2 is 1.73 bits per heavy atom. The summed E-state index contributed by atoms with van der Waals surface area (Å²) in [6.07, 6.45) is 8.72. The highest BCUT2D eigenvalue weighted by atomic mass is 32.2. The average molecular weight is 479 g/mol. The number of anilines is 1. The number of nitrogens with zero attached hydrogens (tertiary/aromatic N) is 3. The molecular weight excluding hydrogens is 440 g/mol. The van der Waals surface area contributed by atoms with Crippen LogP contribution in [0.3, 0.4) is 0 Å². The molecule has 3 aliphatic rings. The molecular formula is C24H38N4O4S. The molecule has 0 bridgehead atoms. The van der Waals surface area contributed by atoms with Crippen LogP contribution in [-0.2, 0) is 14.8 Å². The molecule has 1 aromatic rings. The molecule has 4 rings (SSSR count). The predicted octanol–water partition coefficient (Wildman–Crippen LogP) is 2.30. The summed E-state index contributed by atoms with van der Waals surface area (Å²) in [5.74, 6) is -0.194. The molecule has 0 radical (unpaired) electrons. The van der Waals surface area contributed by atoms with E-state index in [1.54, 1.807) is 12.1 Å². The summed E-state index contributed by atoms with van der Waals surface area (Å²) in [6.45, 7) is 4.44. The van der Waals surface area contributed by atoms with Gasteiger partial charge in [0.1, 0.15) is 0 Å². The van der Waals surface area contributed by atoms with E-state index in [2.05, 4.69) is 15.1 Å². The Balaban J connectivity index is 1.52. The number of hydrogen-bond acceptors (Lipinski definition) is 6. The fraction of sp³-hybridized carbons (Fsp3) is 0.708. The maximum atomic E-state index is 13.5. The van der Waals surface area contributed by atoms with E-state index >= 15 is 0 Å². The smallest absolute Gasteiger partial charge is 0.253 e. The highest BCUT2D eigenvalue weighted by Crippen LogP contribution is 2.28. The summed E-state index contributed by atoms with van der Waals surface area (Å²) in [5, 5.41) is 3.22. The maximum Gasteiger partial charge on any atom is 0.253 e. The fourth-order valence-corrected chi connectivity index (χ4v) is 6.20. The molecule has 3 fully saturated rings. The van der Waals surface area contributed by atoms with Gasteiger partial charge in [0.25, 0.3) is 5.91 Å². The first kappa shape index (κ1) is 24.4. The predicted molar refractivity (Wildman–Crippen MR) is 129 cm³/mol. The van der Waals surface area contributed by atoms with Crippen molar-refractivity contribution in [1.29, 1.82) is 0 Å². The van der Waals surface area contributed by atoms with E-state index in [1.165, 1.54) is 63.0 Å². The van der Waals surface area contributed by atoms with Crippen LogP contribution in [0, 0.1) is 0 Å². The van der Waals surface area contributed by atoms with Crippen molar-refractivity contribution in [3.8, 4) is 0 Å². The molecule has 2 heterocycles. The Morgan fingerprint density at radius 1 is 1.03 bits per heavy atom. The summed E-state index contributed by atoms with van der Waals surface area (Å²) in [5.41, 5.74) is 1.19. The standard InChI is InChI=1S/C24H38N4O4S/c1-26(2)33(30,31)21-9-10-23(27-13-15-32-16-14-27)22(17-21)24(29)25-19-11-12-28(18-19)20-7-5-3-4-6-8-20/h9-10,17,19-20H,3-8,11-16,18H2,1-2H3,(H,25,29). The van der Waals surface area contributed by atoms with Crippen LogP contribution in [-0.4, -0.2) is 89.1 Å². The van der Waals surface area contributed by atoms with Gasteiger partial charge in [0, 0.05) is 58.0 Å². The highest BCUT2D eigenvalue weighted by Gasteiger charge is 2.31. The van der Waals surface area contributed by atoms with Crippen molar-refractivity contribution in [1.82, 2.24) is 14.5 Å². The lowest BCUT2D eigenvalue weighted by Crippen LogP contribution is -2.41. The minimum atomic E-state index is -3.63. The number of likely N-dealkylation sites (tertiary alicyclic amines) is 1. The van der Waals surface area contributed by atoms with Gasteiger partial charge in [0.05, 0.1) is 23.7 Å². The van der Waals surface area contributed by atoms with E-state index in [0.717, 1.165) is 25.2 Å². The lowest BCUT2D eigenvalue weighted by atomic mass is 10.1. The van der Waals surface area contributed by atoms with E-state index in [0.29, 0.717) is 37.9 Å². The van der Waals surface area contributed by atoms with Crippen molar-refractivity contribution >= 4 is 21.6 Å². The first-order valence-corrected chi connectivity index (χ1v) is 13.7. The SMILES string of the molecule is CN(C)S(=O)(=O)c1ccc(N2CCOCC2)c(C(=O)NC2CCN(C3CCCCCC3)C2)c1. The Labute approximate surface area is 198 Å². The van der Waals surface area contributed by atoms with Gasteiger partial charge in [-0.3, -0.25) is 9.69 Å². The van der Waals surface area contributed by atoms with Crippen molar-refractivity contribution in [3.63, 3.8) is 0 Å². The Hall–Kier alpha value is -1.68. The third-order valence-electron chi connectivity index (χ3n) is 7.24. The fourth-order valence-electron chi connectivity index (χ4n) is 5.27. The van der Waals surface area contributed by atoms with Crippen LogP contribution in [0.4, 0.5) is 5.69 Å². The van der Waals surface area contributed by atoms with Crippen LogP contribution in [0.2, 0.25) is 0 Å². The molecule has 9 heteroatoms. The molecule has 1 atom stereocenters. The van der Waals surface area contributed by atoms with Crippen LogP contribution >= 0.6 is 0 Å². The van der Waals surface area contributed by atoms with Gasteiger partial charge >= 0.3 is 0 Å². The number of sulfonamides is 1. The summed E-state index contributed by atoms with van der Waals surface area (Å²) < 4.78 is 32.1. The molecule has 1 aromatic carbocycles. The van der Waals surface area contributed by atoms with Crippen LogP contribution in [0.5, 0.6) is 0 Å². The Kier molecular flexibility index (Phi) is 7.94. The van der Waals surface area contributed by atoms with Crippen LogP contribution < -0.4 is 10.2 Å². The summed E-state index contributed by atoms with van der Waals surface area (Å²) in [7, 11) is -0.621. The van der Waals surface area contributed by atoms with E-state index in [-0.39, 0.29) is 16.8 Å². The van der Waals surface area contributed by atoms with Crippen LogP contribution in [0.25, 0.3) is 0 Å². The lowest BCUT2D eigenvalue weighted by molar-refractivity contribution is 0.0934. The van der Waals surface area contributed by atoms with E-state index in [9.17, 15) is 13.2 Å². The Bertz CT molecular complexity index is 922. The van der Waals surface area contributed by atoms with Gasteiger partial charge in [-0.1, -0.05) is 25.7 Å².